The van der Waals surface area contributed by atoms with Crippen LogP contribution in [0.5, 0.6) is 5.75 Å². The number of aromatic nitrogens is 1. The predicted molar refractivity (Wildman–Crippen MR) is 68.9 cm³/mol. The molecule has 23 heavy (non-hydrogen) atoms. The molecule has 0 spiro atoms. The fourth-order valence-corrected chi connectivity index (χ4v) is 2.28. The average molecular weight is 410 g/mol. The zero-order chi connectivity index (χ0) is 17.8. The predicted octanol–water partition coefficient (Wildman–Crippen LogP) is 4.00. The van der Waals surface area contributed by atoms with E-state index in [2.05, 4.69) is 30.4 Å². The van der Waals surface area contributed by atoms with Crippen LogP contribution in [0.2, 0.25) is 0 Å². The number of carbonyl (C=O) groups is 1. The minimum atomic E-state index is -5.35. The second-order valence-corrected chi connectivity index (χ2v) is 4.66. The third-order valence-corrected chi connectivity index (χ3v) is 3.05. The van der Waals surface area contributed by atoms with E-state index in [9.17, 15) is 31.1 Å². The fraction of sp³-hybridized carbons (Fsp3) is 0.500. The van der Waals surface area contributed by atoms with Crippen molar-refractivity contribution < 1.29 is 40.6 Å². The Hall–Kier alpha value is -1.52. The van der Waals surface area contributed by atoms with E-state index in [-0.39, 0.29) is 12.2 Å². The zero-order valence-electron chi connectivity index (χ0n) is 11.5. The van der Waals surface area contributed by atoms with Crippen molar-refractivity contribution in [2.45, 2.75) is 31.2 Å². The van der Waals surface area contributed by atoms with E-state index in [0.29, 0.717) is 6.20 Å². The molecule has 4 nitrogen and oxygen atoms in total. The summed E-state index contributed by atoms with van der Waals surface area (Å²) in [4.78, 5) is 14.4. The van der Waals surface area contributed by atoms with Crippen LogP contribution in [0.15, 0.2) is 6.20 Å². The van der Waals surface area contributed by atoms with Crippen molar-refractivity contribution in [2.24, 2.45) is 0 Å². The van der Waals surface area contributed by atoms with E-state index in [4.69, 9.17) is 0 Å². The number of nitrogens with zero attached hydrogens (tertiary/aromatic N) is 1. The topological polar surface area (TPSA) is 48.4 Å². The molecule has 11 heteroatoms. The van der Waals surface area contributed by atoms with E-state index in [0.717, 1.165) is 0 Å². The summed E-state index contributed by atoms with van der Waals surface area (Å²) in [6.07, 6.45) is -10.4. The number of hydrogen-bond donors (Lipinski definition) is 0. The highest BCUT2D eigenvalue weighted by atomic mass is 79.9. The molecule has 0 amide bonds. The van der Waals surface area contributed by atoms with Crippen LogP contribution in [0.3, 0.4) is 0 Å². The summed E-state index contributed by atoms with van der Waals surface area (Å²) < 4.78 is 83.9. The molecule has 0 unspecified atom stereocenters. The van der Waals surface area contributed by atoms with Crippen molar-refractivity contribution in [3.05, 3.63) is 23.0 Å². The molecule has 0 saturated carbocycles. The molecule has 0 N–H and O–H groups in total. The first-order chi connectivity index (χ1) is 10.5. The molecule has 0 bridgehead atoms. The normalized spacial score (nSPS) is 12.2. The van der Waals surface area contributed by atoms with Gasteiger partial charge in [0.1, 0.15) is 0 Å². The Morgan fingerprint density at radius 1 is 1.26 bits per heavy atom. The third-order valence-electron chi connectivity index (χ3n) is 2.49. The third kappa shape index (κ3) is 5.56. The quantitative estimate of drug-likeness (QED) is 0.419. The van der Waals surface area contributed by atoms with Crippen LogP contribution in [-0.4, -0.2) is 23.9 Å². The Kier molecular flexibility index (Phi) is 6.25. The standard InChI is InChI=1S/C12H10BrF6NO3/c1-2-22-8(21)3-6-5-20-10(11(14,15)16)9(7(6)4-13)23-12(17,18)19/h5H,2-4H2,1H3. The van der Waals surface area contributed by atoms with Crippen LogP contribution < -0.4 is 4.74 Å². The second-order valence-electron chi connectivity index (χ2n) is 4.10. The molecule has 130 valence electrons. The largest absolute Gasteiger partial charge is 0.573 e. The molecular weight excluding hydrogens is 400 g/mol. The summed E-state index contributed by atoms with van der Waals surface area (Å²) in [7, 11) is 0. The highest BCUT2D eigenvalue weighted by molar-refractivity contribution is 9.08. The molecule has 1 aromatic heterocycles. The summed E-state index contributed by atoms with van der Waals surface area (Å²) in [5, 5.41) is -0.404. The van der Waals surface area contributed by atoms with E-state index in [1.807, 2.05) is 0 Å². The molecule has 0 aliphatic carbocycles. The van der Waals surface area contributed by atoms with Crippen molar-refractivity contribution in [2.75, 3.05) is 6.61 Å². The monoisotopic (exact) mass is 409 g/mol. The van der Waals surface area contributed by atoms with E-state index < -0.39 is 47.3 Å². The first kappa shape index (κ1) is 19.5. The summed E-state index contributed by atoms with van der Waals surface area (Å²) in [6, 6.07) is 0. The molecule has 0 saturated heterocycles. The van der Waals surface area contributed by atoms with Crippen LogP contribution in [0.25, 0.3) is 0 Å². The van der Waals surface area contributed by atoms with Gasteiger partial charge in [0, 0.05) is 17.1 Å². The van der Waals surface area contributed by atoms with E-state index >= 15 is 0 Å². The van der Waals surface area contributed by atoms with Gasteiger partial charge in [-0.3, -0.25) is 4.79 Å². The van der Waals surface area contributed by atoms with Gasteiger partial charge >= 0.3 is 18.5 Å². The van der Waals surface area contributed by atoms with Gasteiger partial charge in [0.05, 0.1) is 13.0 Å². The van der Waals surface area contributed by atoms with Gasteiger partial charge in [-0.25, -0.2) is 4.98 Å². The number of rotatable bonds is 5. The molecule has 0 atom stereocenters. The lowest BCUT2D eigenvalue weighted by Gasteiger charge is -2.19. The smallest absolute Gasteiger partial charge is 0.466 e. The minimum absolute atomic E-state index is 0.0163. The Morgan fingerprint density at radius 3 is 2.30 bits per heavy atom. The molecule has 0 fully saturated rings. The summed E-state index contributed by atoms with van der Waals surface area (Å²) in [5.41, 5.74) is -2.46. The first-order valence-corrected chi connectivity index (χ1v) is 7.17. The van der Waals surface area contributed by atoms with Crippen LogP contribution in [0, 0.1) is 0 Å². The van der Waals surface area contributed by atoms with Gasteiger partial charge in [0.2, 0.25) is 0 Å². The van der Waals surface area contributed by atoms with Crippen molar-refractivity contribution in [1.29, 1.82) is 0 Å². The zero-order valence-corrected chi connectivity index (χ0v) is 13.1. The Labute approximate surface area is 134 Å². The summed E-state index contributed by atoms with van der Waals surface area (Å²) in [6.45, 7) is 1.52. The lowest BCUT2D eigenvalue weighted by atomic mass is 10.1. The minimum Gasteiger partial charge on any atom is -0.466 e. The van der Waals surface area contributed by atoms with Gasteiger partial charge in [0.15, 0.2) is 11.4 Å². The van der Waals surface area contributed by atoms with Gasteiger partial charge in [-0.1, -0.05) is 15.9 Å². The van der Waals surface area contributed by atoms with Gasteiger partial charge < -0.3 is 9.47 Å². The average Bonchev–Trinajstić information content (AvgIpc) is 2.35. The van der Waals surface area contributed by atoms with Crippen molar-refractivity contribution in [1.82, 2.24) is 4.98 Å². The first-order valence-electron chi connectivity index (χ1n) is 6.04. The number of ether oxygens (including phenoxy) is 2. The lowest BCUT2D eigenvalue weighted by molar-refractivity contribution is -0.276. The van der Waals surface area contributed by atoms with Crippen LogP contribution in [0.4, 0.5) is 26.3 Å². The maximum Gasteiger partial charge on any atom is 0.573 e. The second kappa shape index (κ2) is 7.37. The van der Waals surface area contributed by atoms with Crippen molar-refractivity contribution in [3.8, 4) is 5.75 Å². The van der Waals surface area contributed by atoms with Gasteiger partial charge in [-0.15, -0.1) is 13.2 Å². The molecule has 0 aliphatic rings. The molecule has 1 rings (SSSR count). The number of pyridine rings is 1. The molecule has 0 aliphatic heterocycles. The number of esters is 1. The highest BCUT2D eigenvalue weighted by Gasteiger charge is 2.42. The summed E-state index contributed by atoms with van der Waals surface area (Å²) >= 11 is 2.80. The van der Waals surface area contributed by atoms with Crippen molar-refractivity contribution >= 4 is 21.9 Å². The van der Waals surface area contributed by atoms with Gasteiger partial charge in [0.25, 0.3) is 0 Å². The lowest BCUT2D eigenvalue weighted by Crippen LogP contribution is -2.23. The van der Waals surface area contributed by atoms with E-state index in [1.54, 1.807) is 0 Å². The Balaban J connectivity index is 3.41. The number of carbonyl (C=O) groups excluding carboxylic acids is 1. The maximum absolute atomic E-state index is 12.8. The van der Waals surface area contributed by atoms with Crippen LogP contribution in [0.1, 0.15) is 23.7 Å². The van der Waals surface area contributed by atoms with Gasteiger partial charge in [-0.2, -0.15) is 13.2 Å². The Morgan fingerprint density at radius 2 is 1.87 bits per heavy atom. The van der Waals surface area contributed by atoms with Gasteiger partial charge in [-0.05, 0) is 12.5 Å². The Bertz CT molecular complexity index is 573. The van der Waals surface area contributed by atoms with E-state index in [1.165, 1.54) is 6.92 Å². The molecular formula is C12H10BrF6NO3. The maximum atomic E-state index is 12.8. The fourth-order valence-electron chi connectivity index (χ4n) is 1.66. The SMILES string of the molecule is CCOC(=O)Cc1cnc(C(F)(F)F)c(OC(F)(F)F)c1CBr. The summed E-state index contributed by atoms with van der Waals surface area (Å²) in [5.74, 6) is -2.29. The molecule has 0 aromatic carbocycles. The number of alkyl halides is 7. The van der Waals surface area contributed by atoms with Crippen LogP contribution >= 0.6 is 15.9 Å². The number of halogens is 7. The molecule has 1 aromatic rings. The highest BCUT2D eigenvalue weighted by Crippen LogP contribution is 2.41. The number of hydrogen-bond acceptors (Lipinski definition) is 4. The molecule has 0 radical (unpaired) electrons. The van der Waals surface area contributed by atoms with Crippen molar-refractivity contribution in [3.63, 3.8) is 0 Å². The van der Waals surface area contributed by atoms with Crippen LogP contribution in [-0.2, 0) is 27.5 Å². The molecule has 1 heterocycles.